The van der Waals surface area contributed by atoms with Crippen molar-refractivity contribution in [3.63, 3.8) is 0 Å². The molecule has 1 aliphatic heterocycles. The molecule has 0 saturated heterocycles. The quantitative estimate of drug-likeness (QED) is 0.311. The minimum atomic E-state index is -0.439. The van der Waals surface area contributed by atoms with E-state index < -0.39 is 5.97 Å². The van der Waals surface area contributed by atoms with E-state index in [-0.39, 0.29) is 17.1 Å². The molecule has 0 radical (unpaired) electrons. The number of ether oxygens (including phenoxy) is 1. The SMILES string of the molecule is CCCCNCCCC.O=C1Oc2cc(=C3C(=O)c4ccccc4C3=O)ccc2=C1c1ccccc1. The molecule has 5 heteroatoms. The lowest BCUT2D eigenvalue weighted by atomic mass is 10.0. The molecule has 1 N–H and O–H groups in total. The lowest BCUT2D eigenvalue weighted by Crippen LogP contribution is -2.17. The maximum atomic E-state index is 12.7. The molecule has 0 aromatic heterocycles. The summed E-state index contributed by atoms with van der Waals surface area (Å²) in [6.45, 7) is 6.86. The first-order valence-corrected chi connectivity index (χ1v) is 12.6. The number of hydrogen-bond donors (Lipinski definition) is 1. The number of rotatable bonds is 7. The van der Waals surface area contributed by atoms with Gasteiger partial charge in [-0.2, -0.15) is 0 Å². The van der Waals surface area contributed by atoms with Gasteiger partial charge in [-0.05, 0) is 48.8 Å². The van der Waals surface area contributed by atoms with Gasteiger partial charge >= 0.3 is 5.97 Å². The zero-order valence-electron chi connectivity index (χ0n) is 20.8. The van der Waals surface area contributed by atoms with E-state index in [4.69, 9.17) is 4.74 Å². The minimum absolute atomic E-state index is 0.114. The van der Waals surface area contributed by atoms with Crippen LogP contribution in [-0.4, -0.2) is 30.6 Å². The number of ketones is 2. The van der Waals surface area contributed by atoms with E-state index in [9.17, 15) is 14.4 Å². The number of fused-ring (bicyclic) bond motifs is 2. The number of nitrogens with one attached hydrogen (secondary N) is 1. The Morgan fingerprint density at radius 1 is 0.694 bits per heavy atom. The van der Waals surface area contributed by atoms with Gasteiger partial charge in [0, 0.05) is 16.3 Å². The first-order valence-electron chi connectivity index (χ1n) is 12.6. The fraction of sp³-hybridized carbons (Fsp3) is 0.258. The summed E-state index contributed by atoms with van der Waals surface area (Å²) in [5, 5.41) is 4.51. The highest BCUT2D eigenvalue weighted by Crippen LogP contribution is 2.27. The van der Waals surface area contributed by atoms with Crippen LogP contribution >= 0.6 is 0 Å². The molecule has 0 bridgehead atoms. The van der Waals surface area contributed by atoms with Gasteiger partial charge < -0.3 is 10.1 Å². The topological polar surface area (TPSA) is 72.5 Å². The highest BCUT2D eigenvalue weighted by Gasteiger charge is 2.33. The third-order valence-corrected chi connectivity index (χ3v) is 6.29. The fourth-order valence-electron chi connectivity index (χ4n) is 4.35. The third-order valence-electron chi connectivity index (χ3n) is 6.29. The molecule has 5 rings (SSSR count). The van der Waals surface area contributed by atoms with Crippen molar-refractivity contribution >= 4 is 28.7 Å². The number of hydrogen-bond acceptors (Lipinski definition) is 5. The fourth-order valence-corrected chi connectivity index (χ4v) is 4.35. The molecule has 1 heterocycles. The third kappa shape index (κ3) is 5.21. The monoisotopic (exact) mass is 481 g/mol. The van der Waals surface area contributed by atoms with Crippen LogP contribution in [0.2, 0.25) is 0 Å². The van der Waals surface area contributed by atoms with Gasteiger partial charge in [0.15, 0.2) is 11.6 Å². The summed E-state index contributed by atoms with van der Waals surface area (Å²) >= 11 is 0. The van der Waals surface area contributed by atoms with Crippen LogP contribution in [0.15, 0.2) is 72.8 Å². The van der Waals surface area contributed by atoms with Gasteiger partial charge in [-0.15, -0.1) is 0 Å². The van der Waals surface area contributed by atoms with Gasteiger partial charge in [0.25, 0.3) is 0 Å². The molecule has 184 valence electrons. The second-order valence-corrected chi connectivity index (χ2v) is 8.88. The Labute approximate surface area is 211 Å². The van der Waals surface area contributed by atoms with E-state index in [1.165, 1.54) is 38.8 Å². The molecule has 5 nitrogen and oxygen atoms in total. The van der Waals surface area contributed by atoms with E-state index in [2.05, 4.69) is 19.2 Å². The number of unbranched alkanes of at least 4 members (excludes halogenated alkanes) is 2. The van der Waals surface area contributed by atoms with E-state index >= 15 is 0 Å². The molecule has 0 saturated carbocycles. The van der Waals surface area contributed by atoms with Crippen LogP contribution in [0, 0.1) is 0 Å². The van der Waals surface area contributed by atoms with Gasteiger partial charge in [-0.1, -0.05) is 87.4 Å². The molecule has 3 aromatic rings. The van der Waals surface area contributed by atoms with Crippen molar-refractivity contribution in [2.24, 2.45) is 0 Å². The minimum Gasteiger partial charge on any atom is -0.422 e. The van der Waals surface area contributed by atoms with Crippen LogP contribution in [0.3, 0.4) is 0 Å². The predicted molar refractivity (Wildman–Crippen MR) is 141 cm³/mol. The average Bonchev–Trinajstić information content (AvgIpc) is 3.37. The molecule has 36 heavy (non-hydrogen) atoms. The molecular formula is C31H31NO4. The van der Waals surface area contributed by atoms with Crippen molar-refractivity contribution in [3.8, 4) is 5.75 Å². The molecule has 1 aliphatic carbocycles. The smallest absolute Gasteiger partial charge is 0.344 e. The average molecular weight is 482 g/mol. The zero-order valence-corrected chi connectivity index (χ0v) is 20.8. The summed E-state index contributed by atoms with van der Waals surface area (Å²) in [5.74, 6) is -0.676. The van der Waals surface area contributed by atoms with E-state index in [0.29, 0.717) is 32.9 Å². The number of benzene rings is 3. The Morgan fingerprint density at radius 3 is 1.86 bits per heavy atom. The largest absolute Gasteiger partial charge is 0.422 e. The molecule has 0 fully saturated rings. The Kier molecular flexibility index (Phi) is 8.24. The van der Waals surface area contributed by atoms with Crippen molar-refractivity contribution in [3.05, 3.63) is 99.9 Å². The summed E-state index contributed by atoms with van der Waals surface area (Å²) in [7, 11) is 0. The second kappa shape index (κ2) is 11.7. The first kappa shape index (κ1) is 25.3. The van der Waals surface area contributed by atoms with Crippen molar-refractivity contribution < 1.29 is 19.1 Å². The molecule has 0 atom stereocenters. The lowest BCUT2D eigenvalue weighted by Gasteiger charge is -1.99. The highest BCUT2D eigenvalue weighted by atomic mass is 16.5. The summed E-state index contributed by atoms with van der Waals surface area (Å²) in [6.07, 6.45) is 5.26. The van der Waals surface area contributed by atoms with E-state index in [0.717, 1.165) is 5.56 Å². The van der Waals surface area contributed by atoms with Crippen molar-refractivity contribution in [1.82, 2.24) is 5.32 Å². The number of esters is 1. The summed E-state index contributed by atoms with van der Waals surface area (Å²) in [5.41, 5.74) is 2.18. The molecule has 0 amide bonds. The molecule has 3 aromatic carbocycles. The number of carbonyl (C=O) groups excluding carboxylic acids is 3. The first-order chi connectivity index (χ1) is 17.6. The van der Waals surface area contributed by atoms with Gasteiger partial charge in [0.05, 0.1) is 11.1 Å². The number of Topliss-reactive ketones (excluding diaryl/α,β-unsaturated/α-hetero) is 2. The van der Waals surface area contributed by atoms with Gasteiger partial charge in [-0.25, -0.2) is 4.79 Å². The van der Waals surface area contributed by atoms with Crippen LogP contribution in [0.4, 0.5) is 0 Å². The van der Waals surface area contributed by atoms with Crippen LogP contribution in [-0.2, 0) is 4.79 Å². The van der Waals surface area contributed by atoms with Crippen LogP contribution in [0.5, 0.6) is 5.75 Å². The van der Waals surface area contributed by atoms with Gasteiger partial charge in [0.2, 0.25) is 0 Å². The van der Waals surface area contributed by atoms with Gasteiger partial charge in [0.1, 0.15) is 5.75 Å². The standard InChI is InChI=1S/C23H12O4.C8H19N/c24-21-15-8-4-5-9-16(15)22(25)20(21)14-10-11-17-18(12-14)27-23(26)19(17)13-6-2-1-3-7-13;1-3-5-7-9-8-6-4-2/h1-12H;9H,3-8H2,1-2H3. The zero-order chi connectivity index (χ0) is 25.5. The van der Waals surface area contributed by atoms with Crippen LogP contribution < -0.4 is 20.5 Å². The predicted octanol–water partition coefficient (Wildman–Crippen LogP) is 4.21. The summed E-state index contributed by atoms with van der Waals surface area (Å²) in [4.78, 5) is 37.7. The van der Waals surface area contributed by atoms with Crippen molar-refractivity contribution in [2.45, 2.75) is 39.5 Å². The van der Waals surface area contributed by atoms with Crippen molar-refractivity contribution in [1.29, 1.82) is 0 Å². The highest BCUT2D eigenvalue weighted by molar-refractivity contribution is 6.55. The number of carbonyl (C=O) groups is 3. The Balaban J connectivity index is 0.000000292. The normalized spacial score (nSPS) is 13.8. The lowest BCUT2D eigenvalue weighted by molar-refractivity contribution is -0.127. The molecule has 0 unspecified atom stereocenters. The van der Waals surface area contributed by atoms with E-state index in [1.807, 2.05) is 30.3 Å². The van der Waals surface area contributed by atoms with Gasteiger partial charge in [-0.3, -0.25) is 9.59 Å². The maximum Gasteiger partial charge on any atom is 0.344 e. The summed E-state index contributed by atoms with van der Waals surface area (Å²) in [6, 6.07) is 21.1. The molecule has 0 spiro atoms. The summed E-state index contributed by atoms with van der Waals surface area (Å²) < 4.78 is 5.41. The Hall–Kier alpha value is -3.83. The van der Waals surface area contributed by atoms with E-state index in [1.54, 1.807) is 42.5 Å². The van der Waals surface area contributed by atoms with Crippen molar-refractivity contribution in [2.75, 3.05) is 13.1 Å². The Bertz CT molecular complexity index is 1360. The molecule has 2 aliphatic rings. The maximum absolute atomic E-state index is 12.7. The van der Waals surface area contributed by atoms with Crippen LogP contribution in [0.25, 0.3) is 11.1 Å². The second-order valence-electron chi connectivity index (χ2n) is 8.88. The van der Waals surface area contributed by atoms with Crippen LogP contribution in [0.1, 0.15) is 65.8 Å². The Morgan fingerprint density at radius 2 is 1.28 bits per heavy atom. The molecular weight excluding hydrogens is 450 g/mol.